The number of amides is 1. The van der Waals surface area contributed by atoms with Crippen molar-refractivity contribution in [1.82, 2.24) is 30.1 Å². The summed E-state index contributed by atoms with van der Waals surface area (Å²) in [5.74, 6) is -0.0208. The van der Waals surface area contributed by atoms with E-state index in [1.165, 1.54) is 4.88 Å². The summed E-state index contributed by atoms with van der Waals surface area (Å²) in [7, 11) is 0. The van der Waals surface area contributed by atoms with Gasteiger partial charge in [0.05, 0.1) is 28.1 Å². The largest absolute Gasteiger partial charge is 0.353 e. The normalized spacial score (nSPS) is 11.4. The highest BCUT2D eigenvalue weighted by Crippen LogP contribution is 2.36. The maximum absolute atomic E-state index is 12.0. The number of anilines is 1. The van der Waals surface area contributed by atoms with Gasteiger partial charge in [-0.05, 0) is 49.7 Å². The van der Waals surface area contributed by atoms with Crippen LogP contribution in [0.5, 0.6) is 0 Å². The number of aromatic nitrogens is 6. The molecule has 0 saturated carbocycles. The lowest BCUT2D eigenvalue weighted by Crippen LogP contribution is -2.10. The van der Waals surface area contributed by atoms with Gasteiger partial charge in [-0.15, -0.1) is 11.3 Å². The Labute approximate surface area is 210 Å². The van der Waals surface area contributed by atoms with Gasteiger partial charge >= 0.3 is 0 Å². The molecule has 0 spiro atoms. The molecule has 0 fully saturated rings. The van der Waals surface area contributed by atoms with Crippen LogP contribution in [-0.2, 0) is 4.79 Å². The number of hydrogen-bond acceptors (Lipinski definition) is 6. The first-order valence-electron chi connectivity index (χ1n) is 11.7. The van der Waals surface area contributed by atoms with Crippen molar-refractivity contribution in [2.24, 2.45) is 0 Å². The minimum absolute atomic E-state index is 0.0208. The number of fused-ring (bicyclic) bond motifs is 2. The second-order valence-electron chi connectivity index (χ2n) is 8.67. The van der Waals surface area contributed by atoms with Crippen LogP contribution < -0.4 is 5.32 Å². The molecule has 178 valence electrons. The molecule has 0 bridgehead atoms. The van der Waals surface area contributed by atoms with E-state index < -0.39 is 0 Å². The van der Waals surface area contributed by atoms with Crippen molar-refractivity contribution in [3.8, 4) is 33.1 Å². The molecule has 6 rings (SSSR count). The molecule has 0 unspecified atom stereocenters. The maximum atomic E-state index is 12.0. The van der Waals surface area contributed by atoms with Crippen molar-refractivity contribution in [1.29, 1.82) is 0 Å². The molecule has 6 aromatic rings. The number of carbonyl (C=O) groups excluding carboxylic acids is 1. The third-order valence-electron chi connectivity index (χ3n) is 6.03. The molecule has 6 heterocycles. The number of nitrogens with one attached hydrogen (secondary N) is 3. The molecule has 9 heteroatoms. The molecule has 0 radical (unpaired) electrons. The fourth-order valence-electron chi connectivity index (χ4n) is 4.32. The maximum Gasteiger partial charge on any atom is 0.224 e. The van der Waals surface area contributed by atoms with Crippen molar-refractivity contribution >= 4 is 44.9 Å². The van der Waals surface area contributed by atoms with E-state index in [-0.39, 0.29) is 5.91 Å². The first-order chi connectivity index (χ1) is 17.6. The SMILES string of the molecule is CCCC(=O)Nc1cncc(-c2cnc3[nH]nc(-c4cc5c(-c6ccc(C)s6)nccc5[nH]4)c3c2)c1. The number of rotatable bonds is 6. The van der Waals surface area contributed by atoms with Crippen LogP contribution in [0.3, 0.4) is 0 Å². The van der Waals surface area contributed by atoms with Gasteiger partial charge in [0.1, 0.15) is 5.69 Å². The van der Waals surface area contributed by atoms with Gasteiger partial charge in [-0.1, -0.05) is 6.92 Å². The van der Waals surface area contributed by atoms with Crippen molar-refractivity contribution in [2.45, 2.75) is 26.7 Å². The summed E-state index contributed by atoms with van der Waals surface area (Å²) in [6.07, 6.45) is 8.30. The van der Waals surface area contributed by atoms with E-state index >= 15 is 0 Å². The van der Waals surface area contributed by atoms with E-state index in [0.717, 1.165) is 55.8 Å². The van der Waals surface area contributed by atoms with Crippen LogP contribution in [0.4, 0.5) is 5.69 Å². The Bertz CT molecular complexity index is 1730. The van der Waals surface area contributed by atoms with Gasteiger partial charge in [0.2, 0.25) is 5.91 Å². The molecular weight excluding hydrogens is 470 g/mol. The van der Waals surface area contributed by atoms with Crippen molar-refractivity contribution in [3.05, 3.63) is 66.1 Å². The minimum Gasteiger partial charge on any atom is -0.353 e. The second-order valence-corrected chi connectivity index (χ2v) is 9.95. The Kier molecular flexibility index (Phi) is 5.54. The smallest absolute Gasteiger partial charge is 0.224 e. The average Bonchev–Trinajstić information content (AvgIpc) is 3.61. The quantitative estimate of drug-likeness (QED) is 0.251. The first kappa shape index (κ1) is 22.1. The molecule has 36 heavy (non-hydrogen) atoms. The first-order valence-corrected chi connectivity index (χ1v) is 12.5. The van der Waals surface area contributed by atoms with Crippen LogP contribution >= 0.6 is 11.3 Å². The van der Waals surface area contributed by atoms with Crippen LogP contribution in [0, 0.1) is 6.92 Å². The van der Waals surface area contributed by atoms with Crippen molar-refractivity contribution in [2.75, 3.05) is 5.32 Å². The van der Waals surface area contributed by atoms with Gasteiger partial charge in [0.25, 0.3) is 0 Å². The third-order valence-corrected chi connectivity index (χ3v) is 7.03. The van der Waals surface area contributed by atoms with Gasteiger partial charge < -0.3 is 10.3 Å². The Balaban J connectivity index is 1.40. The molecule has 0 aromatic carbocycles. The summed E-state index contributed by atoms with van der Waals surface area (Å²) >= 11 is 1.73. The monoisotopic (exact) mass is 493 g/mol. The Morgan fingerprint density at radius 2 is 1.89 bits per heavy atom. The van der Waals surface area contributed by atoms with Crippen LogP contribution in [-0.4, -0.2) is 36.0 Å². The lowest BCUT2D eigenvalue weighted by Gasteiger charge is -2.07. The Hall–Kier alpha value is -4.37. The molecule has 0 saturated heterocycles. The average molecular weight is 494 g/mol. The summed E-state index contributed by atoms with van der Waals surface area (Å²) in [4.78, 5) is 31.5. The van der Waals surface area contributed by atoms with E-state index in [4.69, 9.17) is 0 Å². The predicted molar refractivity (Wildman–Crippen MR) is 144 cm³/mol. The molecule has 0 atom stereocenters. The fourth-order valence-corrected chi connectivity index (χ4v) is 5.20. The molecule has 0 aliphatic rings. The van der Waals surface area contributed by atoms with Crippen LogP contribution in [0.1, 0.15) is 24.6 Å². The minimum atomic E-state index is -0.0208. The number of nitrogens with zero attached hydrogens (tertiary/aromatic N) is 4. The van der Waals surface area contributed by atoms with Crippen LogP contribution in [0.2, 0.25) is 0 Å². The van der Waals surface area contributed by atoms with Crippen LogP contribution in [0.15, 0.2) is 61.2 Å². The molecule has 8 nitrogen and oxygen atoms in total. The lowest BCUT2D eigenvalue weighted by atomic mass is 10.1. The predicted octanol–water partition coefficient (Wildman–Crippen LogP) is 6.34. The molecule has 1 amide bonds. The fraction of sp³-hybridized carbons (Fsp3) is 0.148. The number of H-pyrrole nitrogens is 2. The summed E-state index contributed by atoms with van der Waals surface area (Å²) in [6.45, 7) is 4.08. The number of thiophene rings is 1. The standard InChI is InChI=1S/C27H23N7OS/c1-3-4-24(35)31-18-9-16(12-28-14-18)17-10-20-25(33-34-27(20)30-13-17)22-11-19-21(32-22)7-8-29-26(19)23-6-5-15(2)36-23/h5-14,32H,3-4H2,1-2H3,(H,31,35)(H,30,33,34). The highest BCUT2D eigenvalue weighted by Gasteiger charge is 2.16. The Morgan fingerprint density at radius 1 is 1.00 bits per heavy atom. The highest BCUT2D eigenvalue weighted by atomic mass is 32.1. The number of hydrogen-bond donors (Lipinski definition) is 3. The van der Waals surface area contributed by atoms with Gasteiger partial charge in [-0.3, -0.25) is 19.9 Å². The van der Waals surface area contributed by atoms with Gasteiger partial charge in [-0.25, -0.2) is 4.98 Å². The third kappa shape index (κ3) is 4.03. The topological polar surface area (TPSA) is 112 Å². The Morgan fingerprint density at radius 3 is 2.72 bits per heavy atom. The van der Waals surface area contributed by atoms with E-state index in [0.29, 0.717) is 17.8 Å². The van der Waals surface area contributed by atoms with Crippen molar-refractivity contribution < 1.29 is 4.79 Å². The molecule has 0 aliphatic heterocycles. The van der Waals surface area contributed by atoms with Crippen molar-refractivity contribution in [3.63, 3.8) is 0 Å². The van der Waals surface area contributed by atoms with Gasteiger partial charge in [0.15, 0.2) is 5.65 Å². The number of carbonyl (C=O) groups is 1. The van der Waals surface area contributed by atoms with E-state index in [9.17, 15) is 4.79 Å². The zero-order chi connectivity index (χ0) is 24.6. The van der Waals surface area contributed by atoms with Gasteiger partial charge in [0, 0.05) is 57.3 Å². The summed E-state index contributed by atoms with van der Waals surface area (Å²) < 4.78 is 0. The lowest BCUT2D eigenvalue weighted by molar-refractivity contribution is -0.116. The summed E-state index contributed by atoms with van der Waals surface area (Å²) in [6, 6.07) is 12.3. The molecule has 3 N–H and O–H groups in total. The zero-order valence-corrected chi connectivity index (χ0v) is 20.6. The number of pyridine rings is 3. The van der Waals surface area contributed by atoms with Gasteiger partial charge in [-0.2, -0.15) is 5.10 Å². The molecule has 0 aliphatic carbocycles. The van der Waals surface area contributed by atoms with E-state index in [1.807, 2.05) is 31.3 Å². The highest BCUT2D eigenvalue weighted by molar-refractivity contribution is 7.15. The van der Waals surface area contributed by atoms with E-state index in [2.05, 4.69) is 60.6 Å². The van der Waals surface area contributed by atoms with Crippen LogP contribution in [0.25, 0.3) is 55.0 Å². The molecule has 6 aromatic heterocycles. The number of aryl methyl sites for hydroxylation is 1. The molecular formula is C27H23N7OS. The number of aromatic amines is 2. The van der Waals surface area contributed by atoms with E-state index in [1.54, 1.807) is 29.9 Å². The summed E-state index contributed by atoms with van der Waals surface area (Å²) in [5, 5.41) is 12.5. The zero-order valence-electron chi connectivity index (χ0n) is 19.8. The summed E-state index contributed by atoms with van der Waals surface area (Å²) in [5.41, 5.74) is 6.73. The second kappa shape index (κ2) is 9.01.